The summed E-state index contributed by atoms with van der Waals surface area (Å²) in [5.41, 5.74) is 4.31. The average molecular weight is 576 g/mol. The monoisotopic (exact) mass is 575 g/mol. The summed E-state index contributed by atoms with van der Waals surface area (Å²) in [6.45, 7) is 4.68. The van der Waals surface area contributed by atoms with Gasteiger partial charge in [-0.3, -0.25) is 4.40 Å². The number of unbranched alkanes of at least 4 members (excludes halogenated alkanes) is 7. The lowest BCUT2D eigenvalue weighted by Crippen LogP contribution is -2.01. The number of hydrogen-bond acceptors (Lipinski definition) is 7. The molecule has 216 valence electrons. The van der Waals surface area contributed by atoms with Crippen LogP contribution in [0.3, 0.4) is 0 Å². The molecule has 5 aromatic rings. The fourth-order valence-electron chi connectivity index (χ4n) is 5.12. The Kier molecular flexibility index (Phi) is 9.98. The molecule has 0 radical (unpaired) electrons. The van der Waals surface area contributed by atoms with Crippen LogP contribution in [0, 0.1) is 10.1 Å². The first kappa shape index (κ1) is 28.8. The van der Waals surface area contributed by atoms with E-state index in [2.05, 4.69) is 33.7 Å². The lowest BCUT2D eigenvalue weighted by Gasteiger charge is -2.08. The zero-order valence-electron chi connectivity index (χ0n) is 23.5. The van der Waals surface area contributed by atoms with Gasteiger partial charge < -0.3 is 24.2 Å². The zero-order chi connectivity index (χ0) is 28.4. The van der Waals surface area contributed by atoms with Crippen molar-refractivity contribution in [3.63, 3.8) is 0 Å². The summed E-state index contributed by atoms with van der Waals surface area (Å²) in [7, 11) is 0. The van der Waals surface area contributed by atoms with Gasteiger partial charge in [0, 0.05) is 18.7 Å². The van der Waals surface area contributed by atoms with Gasteiger partial charge in [0.25, 0.3) is 0 Å². The Balaban J connectivity index is 1.06. The molecule has 0 amide bonds. The first-order valence-electron chi connectivity index (χ1n) is 14.5. The minimum atomic E-state index is -0.454. The van der Waals surface area contributed by atoms with Crippen LogP contribution in [0.2, 0.25) is 0 Å². The minimum Gasteiger partial charge on any atom is -0.494 e. The van der Waals surface area contributed by atoms with E-state index >= 15 is 0 Å². The Morgan fingerprint density at radius 1 is 0.976 bits per heavy atom. The fraction of sp³-hybridized carbons (Fsp3) is 0.419. The third-order valence-electron chi connectivity index (χ3n) is 7.17. The van der Waals surface area contributed by atoms with Crippen molar-refractivity contribution in [2.75, 3.05) is 13.2 Å². The van der Waals surface area contributed by atoms with Gasteiger partial charge in [0.2, 0.25) is 6.33 Å². The summed E-state index contributed by atoms with van der Waals surface area (Å²) in [5.74, 6) is 0.800. The predicted molar refractivity (Wildman–Crippen MR) is 163 cm³/mol. The minimum absolute atomic E-state index is 0.0829. The maximum Gasteiger partial charge on any atom is 0.381 e. The summed E-state index contributed by atoms with van der Waals surface area (Å²) < 4.78 is 17.1. The molecular formula is C31H37N5O4S. The first-order chi connectivity index (χ1) is 20.1. The molecule has 0 atom stereocenters. The van der Waals surface area contributed by atoms with E-state index in [1.54, 1.807) is 22.2 Å². The molecule has 9 nitrogen and oxygen atoms in total. The number of thiazole rings is 1. The van der Waals surface area contributed by atoms with Gasteiger partial charge in [0.1, 0.15) is 11.9 Å². The highest BCUT2D eigenvalue weighted by atomic mass is 32.1. The van der Waals surface area contributed by atoms with Crippen molar-refractivity contribution in [3.05, 3.63) is 76.9 Å². The number of aromatic nitrogens is 4. The number of benzene rings is 2. The summed E-state index contributed by atoms with van der Waals surface area (Å²) in [5, 5.41) is 10.7. The van der Waals surface area contributed by atoms with Crippen LogP contribution in [0.5, 0.6) is 5.75 Å². The van der Waals surface area contributed by atoms with E-state index in [9.17, 15) is 10.1 Å². The Labute approximate surface area is 243 Å². The van der Waals surface area contributed by atoms with Gasteiger partial charge in [-0.2, -0.15) is 0 Å². The lowest BCUT2D eigenvalue weighted by molar-refractivity contribution is -0.389. The second-order valence-corrected chi connectivity index (χ2v) is 11.2. The van der Waals surface area contributed by atoms with Crippen LogP contribution in [-0.2, 0) is 17.9 Å². The van der Waals surface area contributed by atoms with Crippen molar-refractivity contribution in [1.29, 1.82) is 0 Å². The molecule has 0 aliphatic rings. The van der Waals surface area contributed by atoms with E-state index in [4.69, 9.17) is 14.5 Å². The van der Waals surface area contributed by atoms with Gasteiger partial charge >= 0.3 is 5.82 Å². The van der Waals surface area contributed by atoms with Crippen LogP contribution in [0.4, 0.5) is 5.82 Å². The zero-order valence-corrected chi connectivity index (χ0v) is 24.4. The van der Waals surface area contributed by atoms with E-state index in [0.717, 1.165) is 76.7 Å². The van der Waals surface area contributed by atoms with Crippen LogP contribution in [-0.4, -0.2) is 37.1 Å². The molecule has 10 heteroatoms. The van der Waals surface area contributed by atoms with Crippen molar-refractivity contribution < 1.29 is 14.4 Å². The van der Waals surface area contributed by atoms with Crippen LogP contribution in [0.15, 0.2) is 61.1 Å². The van der Waals surface area contributed by atoms with Crippen LogP contribution < -0.4 is 4.74 Å². The Bertz CT molecular complexity index is 1560. The highest BCUT2D eigenvalue weighted by Gasteiger charge is 2.19. The molecule has 0 fully saturated rings. The lowest BCUT2D eigenvalue weighted by atomic mass is 10.1. The molecule has 0 bridgehead atoms. The van der Waals surface area contributed by atoms with Crippen molar-refractivity contribution in [2.45, 2.75) is 71.4 Å². The van der Waals surface area contributed by atoms with E-state index in [1.165, 1.54) is 31.9 Å². The van der Waals surface area contributed by atoms with E-state index < -0.39 is 4.92 Å². The number of rotatable bonds is 17. The summed E-state index contributed by atoms with van der Waals surface area (Å²) in [6, 6.07) is 16.6. The summed E-state index contributed by atoms with van der Waals surface area (Å²) in [4.78, 5) is 20.0. The van der Waals surface area contributed by atoms with Crippen molar-refractivity contribution >= 4 is 32.3 Å². The molecule has 3 aromatic heterocycles. The number of ether oxygens (including phenoxy) is 2. The second-order valence-electron chi connectivity index (χ2n) is 10.2. The average Bonchev–Trinajstić information content (AvgIpc) is 3.69. The third-order valence-corrected chi connectivity index (χ3v) is 8.18. The second kappa shape index (κ2) is 14.2. The molecule has 5 rings (SSSR count). The van der Waals surface area contributed by atoms with Crippen LogP contribution in [0.25, 0.3) is 26.4 Å². The molecule has 0 saturated carbocycles. The highest BCUT2D eigenvalue weighted by molar-refractivity contribution is 7.23. The molecule has 0 spiro atoms. The number of imidazole rings is 2. The summed E-state index contributed by atoms with van der Waals surface area (Å²) in [6.07, 6.45) is 12.2. The van der Waals surface area contributed by atoms with Gasteiger partial charge in [-0.1, -0.05) is 80.2 Å². The van der Waals surface area contributed by atoms with Gasteiger partial charge in [-0.15, -0.1) is 0 Å². The smallest absolute Gasteiger partial charge is 0.381 e. The molecule has 0 N–H and O–H groups in total. The molecule has 2 aromatic carbocycles. The molecule has 0 aliphatic carbocycles. The molecule has 3 heterocycles. The Hall–Kier alpha value is -3.76. The number of fused-ring (bicyclic) bond motifs is 3. The maximum atomic E-state index is 10.7. The Morgan fingerprint density at radius 3 is 2.46 bits per heavy atom. The molecule has 41 heavy (non-hydrogen) atoms. The number of nitro groups is 1. The third kappa shape index (κ3) is 7.31. The number of aryl methyl sites for hydroxylation is 1. The molecule has 0 aliphatic heterocycles. The standard InChI is InChI=1S/C31H37N5O4S/c1-2-40-25-16-17-26-28(20-25)41-31-33-30(24-14-10-9-11-15-24)27(35(26)31)22-39-19-13-8-6-4-3-5-7-12-18-34-21-29(32-23-34)36(37)38/h9-11,14-17,20-21,23H,2-8,12-13,18-19,22H2,1H3. The molecular weight excluding hydrogens is 538 g/mol. The SMILES string of the molecule is CCOc1ccc2c(c1)sc1nc(-c3ccccc3)c(COCCCCCCCCCCn3cnc([N+](=O)[O-])c3)n12. The normalized spacial score (nSPS) is 11.5. The number of hydrogen-bond donors (Lipinski definition) is 0. The van der Waals surface area contributed by atoms with Gasteiger partial charge in [0.15, 0.2) is 4.96 Å². The van der Waals surface area contributed by atoms with Crippen molar-refractivity contribution in [3.8, 4) is 17.0 Å². The highest BCUT2D eigenvalue weighted by Crippen LogP contribution is 2.35. The topological polar surface area (TPSA) is 96.7 Å². The predicted octanol–water partition coefficient (Wildman–Crippen LogP) is 8.06. The van der Waals surface area contributed by atoms with Crippen molar-refractivity contribution in [2.24, 2.45) is 0 Å². The van der Waals surface area contributed by atoms with Crippen LogP contribution in [0.1, 0.15) is 64.0 Å². The van der Waals surface area contributed by atoms with Gasteiger partial charge in [-0.05, 0) is 47.9 Å². The first-order valence-corrected chi connectivity index (χ1v) is 15.3. The number of nitrogens with zero attached hydrogens (tertiary/aromatic N) is 5. The van der Waals surface area contributed by atoms with E-state index in [0.29, 0.717) is 13.2 Å². The summed E-state index contributed by atoms with van der Waals surface area (Å²) >= 11 is 1.68. The largest absolute Gasteiger partial charge is 0.494 e. The van der Waals surface area contributed by atoms with Gasteiger partial charge in [0.05, 0.1) is 34.8 Å². The molecule has 0 unspecified atom stereocenters. The van der Waals surface area contributed by atoms with E-state index in [-0.39, 0.29) is 5.82 Å². The van der Waals surface area contributed by atoms with Crippen LogP contribution >= 0.6 is 11.3 Å². The molecule has 0 saturated heterocycles. The van der Waals surface area contributed by atoms with Crippen molar-refractivity contribution in [1.82, 2.24) is 18.9 Å². The van der Waals surface area contributed by atoms with E-state index in [1.807, 2.05) is 31.2 Å². The fourth-order valence-corrected chi connectivity index (χ4v) is 6.19. The maximum absolute atomic E-state index is 10.7. The Morgan fingerprint density at radius 2 is 1.73 bits per heavy atom. The quantitative estimate of drug-likeness (QED) is 0.0632. The van der Waals surface area contributed by atoms with Gasteiger partial charge in [-0.25, -0.2) is 4.98 Å².